The van der Waals surface area contributed by atoms with Gasteiger partial charge in [-0.25, -0.2) is 9.18 Å². The topological polar surface area (TPSA) is 89.3 Å². The van der Waals surface area contributed by atoms with Crippen LogP contribution in [0.15, 0.2) is 18.2 Å². The van der Waals surface area contributed by atoms with Gasteiger partial charge in [0.15, 0.2) is 0 Å². The zero-order valence-corrected chi connectivity index (χ0v) is 8.61. The third-order valence-electron chi connectivity index (χ3n) is 2.04. The number of rotatable bonds is 4. The Bertz CT molecular complexity index is 430. The van der Waals surface area contributed by atoms with Crippen LogP contribution >= 0.6 is 0 Å². The molecule has 0 radical (unpaired) electrons. The van der Waals surface area contributed by atoms with E-state index in [1.807, 2.05) is 0 Å². The first-order valence-electron chi connectivity index (χ1n) is 4.75. The van der Waals surface area contributed by atoms with Gasteiger partial charge in [0.1, 0.15) is 5.82 Å². The molecule has 16 heavy (non-hydrogen) atoms. The summed E-state index contributed by atoms with van der Waals surface area (Å²) < 4.78 is 13.1. The molecule has 0 heterocycles. The summed E-state index contributed by atoms with van der Waals surface area (Å²) in [6.07, 6.45) is 3.91. The molecule has 0 spiro atoms. The van der Waals surface area contributed by atoms with Crippen molar-refractivity contribution in [1.82, 2.24) is 0 Å². The molecule has 0 aliphatic rings. The van der Waals surface area contributed by atoms with E-state index in [9.17, 15) is 9.18 Å². The van der Waals surface area contributed by atoms with Gasteiger partial charge in [0.25, 0.3) is 0 Å². The number of nitrogens with two attached hydrogens (primary N) is 2. The van der Waals surface area contributed by atoms with Crippen molar-refractivity contribution in [2.45, 2.75) is 6.42 Å². The minimum Gasteiger partial charge on any atom is -0.478 e. The van der Waals surface area contributed by atoms with E-state index in [1.165, 1.54) is 6.07 Å². The monoisotopic (exact) mass is 224 g/mol. The highest BCUT2D eigenvalue weighted by molar-refractivity contribution is 5.95. The summed E-state index contributed by atoms with van der Waals surface area (Å²) in [6.45, 7) is 0.470. The highest BCUT2D eigenvalue weighted by Gasteiger charge is 2.12. The molecule has 1 aromatic rings. The lowest BCUT2D eigenvalue weighted by molar-refractivity contribution is 0.0697. The summed E-state index contributed by atoms with van der Waals surface area (Å²) >= 11 is 0. The Morgan fingerprint density at radius 3 is 2.75 bits per heavy atom. The molecule has 1 aromatic carbocycles. The van der Waals surface area contributed by atoms with Crippen molar-refractivity contribution in [1.29, 1.82) is 0 Å². The number of aromatic carboxylic acids is 1. The van der Waals surface area contributed by atoms with E-state index in [0.717, 1.165) is 6.07 Å². The SMILES string of the molecule is NCCC=Cc1cc(F)cc(C(=O)O)c1N. The molecule has 0 amide bonds. The Labute approximate surface area is 92.4 Å². The first-order valence-corrected chi connectivity index (χ1v) is 4.75. The molecular weight excluding hydrogens is 211 g/mol. The lowest BCUT2D eigenvalue weighted by Gasteiger charge is -2.05. The number of carboxylic acids is 1. The van der Waals surface area contributed by atoms with Crippen LogP contribution in [0.5, 0.6) is 0 Å². The van der Waals surface area contributed by atoms with Gasteiger partial charge < -0.3 is 16.6 Å². The number of benzene rings is 1. The fourth-order valence-electron chi connectivity index (χ4n) is 1.26. The Hall–Kier alpha value is -1.88. The molecule has 0 atom stereocenters. The highest BCUT2D eigenvalue weighted by atomic mass is 19.1. The molecule has 0 fully saturated rings. The van der Waals surface area contributed by atoms with Crippen molar-refractivity contribution in [3.8, 4) is 0 Å². The summed E-state index contributed by atoms with van der Waals surface area (Å²) in [6, 6.07) is 2.09. The third kappa shape index (κ3) is 2.80. The van der Waals surface area contributed by atoms with Crippen LogP contribution in [0.2, 0.25) is 0 Å². The van der Waals surface area contributed by atoms with Gasteiger partial charge in [0.2, 0.25) is 0 Å². The van der Waals surface area contributed by atoms with Gasteiger partial charge in [-0.2, -0.15) is 0 Å². The van der Waals surface area contributed by atoms with E-state index in [-0.39, 0.29) is 11.3 Å². The number of halogens is 1. The third-order valence-corrected chi connectivity index (χ3v) is 2.04. The lowest BCUT2D eigenvalue weighted by Crippen LogP contribution is -2.05. The number of carbonyl (C=O) groups is 1. The Morgan fingerprint density at radius 1 is 1.50 bits per heavy atom. The van der Waals surface area contributed by atoms with E-state index in [1.54, 1.807) is 12.2 Å². The molecule has 4 nitrogen and oxygen atoms in total. The predicted molar refractivity (Wildman–Crippen MR) is 60.5 cm³/mol. The number of anilines is 1. The van der Waals surface area contributed by atoms with E-state index in [2.05, 4.69) is 0 Å². The Balaban J connectivity index is 3.14. The smallest absolute Gasteiger partial charge is 0.337 e. The standard InChI is InChI=1S/C11H13FN2O2/c12-8-5-7(3-1-2-4-13)10(14)9(6-8)11(15)16/h1,3,5-6H,2,4,13-14H2,(H,15,16). The Kier molecular flexibility index (Phi) is 4.02. The van der Waals surface area contributed by atoms with Crippen molar-refractivity contribution < 1.29 is 14.3 Å². The Morgan fingerprint density at radius 2 is 2.19 bits per heavy atom. The van der Waals surface area contributed by atoms with Crippen LogP contribution in [0.1, 0.15) is 22.3 Å². The van der Waals surface area contributed by atoms with Crippen LogP contribution in [0.4, 0.5) is 10.1 Å². The van der Waals surface area contributed by atoms with E-state index in [0.29, 0.717) is 18.5 Å². The number of hydrogen-bond donors (Lipinski definition) is 3. The molecule has 5 heteroatoms. The molecule has 0 saturated heterocycles. The summed E-state index contributed by atoms with van der Waals surface area (Å²) in [5, 5.41) is 8.80. The highest BCUT2D eigenvalue weighted by Crippen LogP contribution is 2.21. The van der Waals surface area contributed by atoms with Crippen LogP contribution in [-0.4, -0.2) is 17.6 Å². The van der Waals surface area contributed by atoms with Gasteiger partial charge in [0.05, 0.1) is 11.3 Å². The maximum Gasteiger partial charge on any atom is 0.337 e. The second-order valence-electron chi connectivity index (χ2n) is 3.24. The van der Waals surface area contributed by atoms with E-state index in [4.69, 9.17) is 16.6 Å². The zero-order valence-electron chi connectivity index (χ0n) is 8.61. The zero-order chi connectivity index (χ0) is 12.1. The largest absolute Gasteiger partial charge is 0.478 e. The molecule has 0 aromatic heterocycles. The van der Waals surface area contributed by atoms with Crippen LogP contribution in [0.3, 0.4) is 0 Å². The molecule has 0 bridgehead atoms. The minimum atomic E-state index is -1.24. The van der Waals surface area contributed by atoms with E-state index >= 15 is 0 Å². The normalized spacial score (nSPS) is 10.9. The molecule has 0 unspecified atom stereocenters. The lowest BCUT2D eigenvalue weighted by atomic mass is 10.1. The average Bonchev–Trinajstić information content (AvgIpc) is 2.22. The van der Waals surface area contributed by atoms with Gasteiger partial charge in [-0.15, -0.1) is 0 Å². The molecular formula is C11H13FN2O2. The second-order valence-corrected chi connectivity index (χ2v) is 3.24. The van der Waals surface area contributed by atoms with Crippen molar-refractivity contribution in [2.75, 3.05) is 12.3 Å². The first kappa shape index (κ1) is 12.2. The van der Waals surface area contributed by atoms with Crippen molar-refractivity contribution in [2.24, 2.45) is 5.73 Å². The molecule has 0 saturated carbocycles. The van der Waals surface area contributed by atoms with Crippen molar-refractivity contribution >= 4 is 17.7 Å². The number of nitrogen functional groups attached to an aromatic ring is 1. The van der Waals surface area contributed by atoms with Crippen LogP contribution in [0, 0.1) is 5.82 Å². The van der Waals surface area contributed by atoms with Crippen LogP contribution in [0.25, 0.3) is 6.08 Å². The maximum absolute atomic E-state index is 13.1. The van der Waals surface area contributed by atoms with Gasteiger partial charge in [-0.05, 0) is 25.1 Å². The van der Waals surface area contributed by atoms with Crippen molar-refractivity contribution in [3.63, 3.8) is 0 Å². The predicted octanol–water partition coefficient (Wildman–Crippen LogP) is 1.47. The fourth-order valence-corrected chi connectivity index (χ4v) is 1.26. The van der Waals surface area contributed by atoms with Gasteiger partial charge in [-0.1, -0.05) is 12.2 Å². The van der Waals surface area contributed by atoms with Gasteiger partial charge >= 0.3 is 5.97 Å². The first-order chi connectivity index (χ1) is 7.56. The summed E-state index contributed by atoms with van der Waals surface area (Å²) in [5.41, 5.74) is 11.1. The fraction of sp³-hybridized carbons (Fsp3) is 0.182. The molecule has 1 rings (SSSR count). The summed E-state index contributed by atoms with van der Waals surface area (Å²) in [7, 11) is 0. The summed E-state index contributed by atoms with van der Waals surface area (Å²) in [5.74, 6) is -1.87. The maximum atomic E-state index is 13.1. The number of hydrogen-bond acceptors (Lipinski definition) is 3. The van der Waals surface area contributed by atoms with Crippen molar-refractivity contribution in [3.05, 3.63) is 35.2 Å². The average molecular weight is 224 g/mol. The summed E-state index contributed by atoms with van der Waals surface area (Å²) in [4.78, 5) is 10.8. The molecule has 0 aliphatic carbocycles. The molecule has 0 aliphatic heterocycles. The van der Waals surface area contributed by atoms with Crippen LogP contribution in [-0.2, 0) is 0 Å². The molecule has 86 valence electrons. The van der Waals surface area contributed by atoms with Gasteiger partial charge in [0, 0.05) is 5.56 Å². The van der Waals surface area contributed by atoms with Gasteiger partial charge in [-0.3, -0.25) is 0 Å². The second kappa shape index (κ2) is 5.27. The molecule has 5 N–H and O–H groups in total. The van der Waals surface area contributed by atoms with E-state index < -0.39 is 11.8 Å². The van der Waals surface area contributed by atoms with Crippen LogP contribution < -0.4 is 11.5 Å². The minimum absolute atomic E-state index is 0.0576. The quantitative estimate of drug-likeness (QED) is 0.675. The number of carboxylic acid groups (broad SMARTS) is 1.